The standard InChI is InChI=1S/C13H21NO3S/c1-2-18(16,17)13-8-6-12(7-9-13)14-10-4-3-5-11-15/h6-9,14-15H,2-5,10-11H2,1H3. The highest BCUT2D eigenvalue weighted by Crippen LogP contribution is 2.15. The second kappa shape index (κ2) is 7.38. The maximum atomic E-state index is 11.6. The van der Waals surface area contributed by atoms with Crippen LogP contribution in [0.2, 0.25) is 0 Å². The maximum Gasteiger partial charge on any atom is 0.178 e. The first-order valence-corrected chi connectivity index (χ1v) is 7.93. The second-order valence-corrected chi connectivity index (χ2v) is 6.42. The van der Waals surface area contributed by atoms with Crippen molar-refractivity contribution in [2.75, 3.05) is 24.2 Å². The molecule has 0 unspecified atom stereocenters. The number of sulfone groups is 1. The van der Waals surface area contributed by atoms with Crippen molar-refractivity contribution in [1.29, 1.82) is 0 Å². The molecule has 0 bridgehead atoms. The van der Waals surface area contributed by atoms with Crippen LogP contribution in [0.3, 0.4) is 0 Å². The van der Waals surface area contributed by atoms with E-state index in [9.17, 15) is 8.42 Å². The van der Waals surface area contributed by atoms with Gasteiger partial charge in [-0.1, -0.05) is 6.92 Å². The summed E-state index contributed by atoms with van der Waals surface area (Å²) in [5.74, 6) is 0.126. The molecule has 18 heavy (non-hydrogen) atoms. The van der Waals surface area contributed by atoms with E-state index in [1.165, 1.54) is 0 Å². The molecular weight excluding hydrogens is 250 g/mol. The molecule has 0 saturated heterocycles. The van der Waals surface area contributed by atoms with Crippen molar-refractivity contribution in [1.82, 2.24) is 0 Å². The Hall–Kier alpha value is -1.07. The van der Waals surface area contributed by atoms with Crippen molar-refractivity contribution in [3.8, 4) is 0 Å². The molecule has 1 rings (SSSR count). The summed E-state index contributed by atoms with van der Waals surface area (Å²) in [5.41, 5.74) is 0.925. The van der Waals surface area contributed by atoms with Crippen molar-refractivity contribution >= 4 is 15.5 Å². The molecule has 0 spiro atoms. The van der Waals surface area contributed by atoms with Gasteiger partial charge in [-0.25, -0.2) is 8.42 Å². The van der Waals surface area contributed by atoms with Crippen LogP contribution in [-0.2, 0) is 9.84 Å². The summed E-state index contributed by atoms with van der Waals surface area (Å²) in [4.78, 5) is 0.371. The van der Waals surface area contributed by atoms with Gasteiger partial charge >= 0.3 is 0 Å². The molecule has 0 fully saturated rings. The number of benzene rings is 1. The van der Waals surface area contributed by atoms with Gasteiger partial charge in [-0.05, 0) is 43.5 Å². The van der Waals surface area contributed by atoms with Gasteiger partial charge in [0.05, 0.1) is 10.6 Å². The summed E-state index contributed by atoms with van der Waals surface area (Å²) in [6.07, 6.45) is 2.82. The summed E-state index contributed by atoms with van der Waals surface area (Å²) >= 11 is 0. The number of unbranched alkanes of at least 4 members (excludes halogenated alkanes) is 2. The number of aliphatic hydroxyl groups excluding tert-OH is 1. The third kappa shape index (κ3) is 4.66. The van der Waals surface area contributed by atoms with E-state index in [-0.39, 0.29) is 12.4 Å². The third-order valence-electron chi connectivity index (χ3n) is 2.76. The van der Waals surface area contributed by atoms with Crippen LogP contribution in [0.4, 0.5) is 5.69 Å². The normalized spacial score (nSPS) is 11.4. The van der Waals surface area contributed by atoms with Gasteiger partial charge < -0.3 is 10.4 Å². The van der Waals surface area contributed by atoms with Gasteiger partial charge in [0.15, 0.2) is 9.84 Å². The van der Waals surface area contributed by atoms with Crippen molar-refractivity contribution in [3.05, 3.63) is 24.3 Å². The number of rotatable bonds is 8. The topological polar surface area (TPSA) is 66.4 Å². The highest BCUT2D eigenvalue weighted by Gasteiger charge is 2.10. The number of hydrogen-bond acceptors (Lipinski definition) is 4. The number of anilines is 1. The van der Waals surface area contributed by atoms with E-state index in [4.69, 9.17) is 5.11 Å². The molecule has 0 aromatic heterocycles. The Bertz CT molecular complexity index is 440. The lowest BCUT2D eigenvalue weighted by atomic mass is 10.2. The van der Waals surface area contributed by atoms with Crippen LogP contribution in [0.15, 0.2) is 29.2 Å². The lowest BCUT2D eigenvalue weighted by Crippen LogP contribution is -2.05. The zero-order chi connectivity index (χ0) is 13.4. The van der Waals surface area contributed by atoms with Crippen LogP contribution in [0.5, 0.6) is 0 Å². The molecule has 1 aromatic carbocycles. The van der Waals surface area contributed by atoms with Gasteiger partial charge in [0.25, 0.3) is 0 Å². The average molecular weight is 271 g/mol. The fourth-order valence-electron chi connectivity index (χ4n) is 1.59. The molecule has 0 aliphatic heterocycles. The fraction of sp³-hybridized carbons (Fsp3) is 0.538. The van der Waals surface area contributed by atoms with Crippen LogP contribution in [-0.4, -0.2) is 32.4 Å². The Balaban J connectivity index is 2.46. The Morgan fingerprint density at radius 3 is 2.33 bits per heavy atom. The van der Waals surface area contributed by atoms with E-state index < -0.39 is 9.84 Å². The summed E-state index contributed by atoms with van der Waals surface area (Å²) in [6.45, 7) is 2.71. The van der Waals surface area contributed by atoms with E-state index in [1.54, 1.807) is 31.2 Å². The molecule has 4 nitrogen and oxygen atoms in total. The molecule has 0 radical (unpaired) electrons. The average Bonchev–Trinajstić information content (AvgIpc) is 2.39. The third-order valence-corrected chi connectivity index (χ3v) is 4.51. The maximum absolute atomic E-state index is 11.6. The minimum absolute atomic E-state index is 0.126. The van der Waals surface area contributed by atoms with Crippen molar-refractivity contribution in [3.63, 3.8) is 0 Å². The largest absolute Gasteiger partial charge is 0.396 e. The Morgan fingerprint density at radius 2 is 1.78 bits per heavy atom. The monoisotopic (exact) mass is 271 g/mol. The first-order chi connectivity index (χ1) is 8.60. The Kier molecular flexibility index (Phi) is 6.15. The number of hydrogen-bond donors (Lipinski definition) is 2. The number of nitrogens with one attached hydrogen (secondary N) is 1. The molecule has 0 aliphatic carbocycles. The van der Waals surface area contributed by atoms with Crippen LogP contribution in [0.25, 0.3) is 0 Å². The predicted octanol–water partition coefficient (Wildman–Crippen LogP) is 2.05. The van der Waals surface area contributed by atoms with Gasteiger partial charge in [0.2, 0.25) is 0 Å². The van der Waals surface area contributed by atoms with Gasteiger partial charge in [-0.2, -0.15) is 0 Å². The lowest BCUT2D eigenvalue weighted by Gasteiger charge is -2.07. The zero-order valence-electron chi connectivity index (χ0n) is 10.7. The van der Waals surface area contributed by atoms with Crippen LogP contribution in [0, 0.1) is 0 Å². The van der Waals surface area contributed by atoms with E-state index in [1.807, 2.05) is 0 Å². The molecule has 102 valence electrons. The molecule has 0 amide bonds. The Morgan fingerprint density at radius 1 is 1.11 bits per heavy atom. The van der Waals surface area contributed by atoms with Crippen LogP contribution < -0.4 is 5.32 Å². The zero-order valence-corrected chi connectivity index (χ0v) is 11.5. The molecule has 0 aliphatic rings. The SMILES string of the molecule is CCS(=O)(=O)c1ccc(NCCCCCO)cc1. The first-order valence-electron chi connectivity index (χ1n) is 6.27. The second-order valence-electron chi connectivity index (χ2n) is 4.14. The fourth-order valence-corrected chi connectivity index (χ4v) is 2.48. The quantitative estimate of drug-likeness (QED) is 0.710. The predicted molar refractivity (Wildman–Crippen MR) is 73.6 cm³/mol. The molecule has 5 heteroatoms. The molecule has 1 aromatic rings. The lowest BCUT2D eigenvalue weighted by molar-refractivity contribution is 0.283. The molecule has 0 atom stereocenters. The van der Waals surface area contributed by atoms with Crippen molar-refractivity contribution in [2.45, 2.75) is 31.1 Å². The number of aliphatic hydroxyl groups is 1. The summed E-state index contributed by atoms with van der Waals surface area (Å²) in [5, 5.41) is 11.9. The molecule has 2 N–H and O–H groups in total. The first kappa shape index (κ1) is 15.0. The van der Waals surface area contributed by atoms with Crippen molar-refractivity contribution < 1.29 is 13.5 Å². The van der Waals surface area contributed by atoms with E-state index >= 15 is 0 Å². The van der Waals surface area contributed by atoms with Gasteiger partial charge in [-0.15, -0.1) is 0 Å². The van der Waals surface area contributed by atoms with Gasteiger partial charge in [0.1, 0.15) is 0 Å². The molecule has 0 heterocycles. The highest BCUT2D eigenvalue weighted by atomic mass is 32.2. The van der Waals surface area contributed by atoms with Crippen LogP contribution in [0.1, 0.15) is 26.2 Å². The molecule has 0 saturated carbocycles. The molecular formula is C13H21NO3S. The van der Waals surface area contributed by atoms with E-state index in [2.05, 4.69) is 5.32 Å². The minimum atomic E-state index is -3.10. The van der Waals surface area contributed by atoms with Gasteiger partial charge in [0, 0.05) is 18.8 Å². The Labute approximate surface area is 109 Å². The summed E-state index contributed by atoms with van der Waals surface area (Å²) in [7, 11) is -3.10. The summed E-state index contributed by atoms with van der Waals surface area (Å²) < 4.78 is 23.2. The van der Waals surface area contributed by atoms with Gasteiger partial charge in [-0.3, -0.25) is 0 Å². The highest BCUT2D eigenvalue weighted by molar-refractivity contribution is 7.91. The summed E-state index contributed by atoms with van der Waals surface area (Å²) in [6, 6.07) is 6.84. The van der Waals surface area contributed by atoms with E-state index in [0.29, 0.717) is 4.90 Å². The van der Waals surface area contributed by atoms with Crippen molar-refractivity contribution in [2.24, 2.45) is 0 Å². The smallest absolute Gasteiger partial charge is 0.178 e. The minimum Gasteiger partial charge on any atom is -0.396 e. The van der Waals surface area contributed by atoms with Crippen LogP contribution >= 0.6 is 0 Å². The van der Waals surface area contributed by atoms with E-state index in [0.717, 1.165) is 31.5 Å².